The van der Waals surface area contributed by atoms with Crippen molar-refractivity contribution in [1.82, 2.24) is 10.2 Å². The number of carbonyl (C=O) groups is 2. The highest BCUT2D eigenvalue weighted by molar-refractivity contribution is 5.89. The van der Waals surface area contributed by atoms with Gasteiger partial charge in [0.1, 0.15) is 5.82 Å². The van der Waals surface area contributed by atoms with Crippen LogP contribution < -0.4 is 10.6 Å². The number of halogens is 1. The number of methoxy groups -OCH3 is 1. The molecule has 0 radical (unpaired) electrons. The van der Waals surface area contributed by atoms with Crippen molar-refractivity contribution in [3.63, 3.8) is 0 Å². The van der Waals surface area contributed by atoms with Crippen LogP contribution in [0.25, 0.3) is 0 Å². The monoisotopic (exact) mass is 351 g/mol. The fraction of sp³-hybridized carbons (Fsp3) is 0.556. The van der Waals surface area contributed by atoms with E-state index in [1.54, 1.807) is 24.1 Å². The molecule has 1 fully saturated rings. The number of ether oxygens (including phenoxy) is 1. The minimum absolute atomic E-state index is 0.0185. The van der Waals surface area contributed by atoms with E-state index in [1.165, 1.54) is 12.1 Å². The van der Waals surface area contributed by atoms with Gasteiger partial charge in [-0.25, -0.2) is 9.18 Å². The van der Waals surface area contributed by atoms with Crippen molar-refractivity contribution in [3.8, 4) is 0 Å². The van der Waals surface area contributed by atoms with Gasteiger partial charge in [0.2, 0.25) is 5.91 Å². The van der Waals surface area contributed by atoms with Crippen molar-refractivity contribution in [2.45, 2.75) is 25.7 Å². The van der Waals surface area contributed by atoms with Crippen LogP contribution in [0.4, 0.5) is 14.9 Å². The smallest absolute Gasteiger partial charge is 0.321 e. The Morgan fingerprint density at radius 2 is 2.08 bits per heavy atom. The molecule has 1 aliphatic rings. The molecule has 138 valence electrons. The molecule has 1 heterocycles. The lowest BCUT2D eigenvalue weighted by molar-refractivity contribution is -0.121. The van der Waals surface area contributed by atoms with Gasteiger partial charge >= 0.3 is 6.03 Å². The molecule has 6 nitrogen and oxygen atoms in total. The number of nitrogens with one attached hydrogen (secondary N) is 2. The Labute approximate surface area is 147 Å². The molecule has 0 saturated carbocycles. The lowest BCUT2D eigenvalue weighted by Gasteiger charge is -2.32. The zero-order valence-corrected chi connectivity index (χ0v) is 14.6. The molecule has 1 atom stereocenters. The first-order valence-corrected chi connectivity index (χ1v) is 8.65. The molecule has 1 saturated heterocycles. The number of hydrogen-bond donors (Lipinski definition) is 2. The maximum Gasteiger partial charge on any atom is 0.321 e. The minimum atomic E-state index is -0.334. The summed E-state index contributed by atoms with van der Waals surface area (Å²) in [7, 11) is 1.60. The van der Waals surface area contributed by atoms with E-state index in [-0.39, 0.29) is 17.8 Å². The van der Waals surface area contributed by atoms with Crippen molar-refractivity contribution in [2.75, 3.05) is 38.7 Å². The SMILES string of the molecule is COCCNC(=O)CCC1CCCN(C(=O)Nc2ccc(F)cc2)C1. The van der Waals surface area contributed by atoms with Gasteiger partial charge in [-0.15, -0.1) is 0 Å². The average molecular weight is 351 g/mol. The van der Waals surface area contributed by atoms with Gasteiger partial charge in [0.25, 0.3) is 0 Å². The summed E-state index contributed by atoms with van der Waals surface area (Å²) in [6.45, 7) is 2.36. The Bertz CT molecular complexity index is 565. The fourth-order valence-corrected chi connectivity index (χ4v) is 2.94. The Morgan fingerprint density at radius 3 is 2.80 bits per heavy atom. The highest BCUT2D eigenvalue weighted by Crippen LogP contribution is 2.22. The molecule has 0 aromatic heterocycles. The van der Waals surface area contributed by atoms with Crippen LogP contribution in [-0.2, 0) is 9.53 Å². The van der Waals surface area contributed by atoms with Crippen molar-refractivity contribution in [2.24, 2.45) is 5.92 Å². The molecule has 1 aromatic rings. The van der Waals surface area contributed by atoms with E-state index in [0.29, 0.717) is 44.3 Å². The van der Waals surface area contributed by atoms with Crippen LogP contribution in [0, 0.1) is 11.7 Å². The minimum Gasteiger partial charge on any atom is -0.383 e. The van der Waals surface area contributed by atoms with Crippen molar-refractivity contribution in [1.29, 1.82) is 0 Å². The highest BCUT2D eigenvalue weighted by Gasteiger charge is 2.24. The molecular weight excluding hydrogens is 325 g/mol. The number of carbonyl (C=O) groups excluding carboxylic acids is 2. The van der Waals surface area contributed by atoms with Gasteiger partial charge in [-0.05, 0) is 49.4 Å². The van der Waals surface area contributed by atoms with Gasteiger partial charge in [-0.3, -0.25) is 4.79 Å². The number of likely N-dealkylation sites (tertiary alicyclic amines) is 1. The molecule has 0 bridgehead atoms. The normalized spacial score (nSPS) is 17.2. The molecule has 3 amide bonds. The van der Waals surface area contributed by atoms with E-state index in [9.17, 15) is 14.0 Å². The largest absolute Gasteiger partial charge is 0.383 e. The summed E-state index contributed by atoms with van der Waals surface area (Å²) in [5, 5.41) is 5.59. The van der Waals surface area contributed by atoms with Crippen molar-refractivity contribution < 1.29 is 18.7 Å². The maximum absolute atomic E-state index is 12.9. The first-order valence-electron chi connectivity index (χ1n) is 8.65. The Kier molecular flexibility index (Phi) is 7.66. The number of hydrogen-bond acceptors (Lipinski definition) is 3. The van der Waals surface area contributed by atoms with E-state index >= 15 is 0 Å². The maximum atomic E-state index is 12.9. The van der Waals surface area contributed by atoms with Crippen LogP contribution in [0.1, 0.15) is 25.7 Å². The Morgan fingerprint density at radius 1 is 1.32 bits per heavy atom. The van der Waals surface area contributed by atoms with Crippen LogP contribution in [0.15, 0.2) is 24.3 Å². The van der Waals surface area contributed by atoms with E-state index < -0.39 is 0 Å². The third-order valence-electron chi connectivity index (χ3n) is 4.31. The van der Waals surface area contributed by atoms with Gasteiger partial charge in [-0.2, -0.15) is 0 Å². The summed E-state index contributed by atoms with van der Waals surface area (Å²) < 4.78 is 17.8. The van der Waals surface area contributed by atoms with Gasteiger partial charge in [-0.1, -0.05) is 0 Å². The number of anilines is 1. The summed E-state index contributed by atoms with van der Waals surface area (Å²) in [5.74, 6) is 0.00522. The van der Waals surface area contributed by atoms with Crippen molar-refractivity contribution >= 4 is 17.6 Å². The van der Waals surface area contributed by atoms with E-state index in [4.69, 9.17) is 4.74 Å². The zero-order valence-electron chi connectivity index (χ0n) is 14.6. The second kappa shape index (κ2) is 9.98. The molecule has 1 aliphatic heterocycles. The predicted octanol–water partition coefficient (Wildman–Crippen LogP) is 2.61. The average Bonchev–Trinajstić information content (AvgIpc) is 2.62. The van der Waals surface area contributed by atoms with Crippen molar-refractivity contribution in [3.05, 3.63) is 30.1 Å². The first-order chi connectivity index (χ1) is 12.1. The number of rotatable bonds is 7. The molecule has 2 rings (SSSR count). The quantitative estimate of drug-likeness (QED) is 0.742. The number of benzene rings is 1. The molecule has 0 aliphatic carbocycles. The highest BCUT2D eigenvalue weighted by atomic mass is 19.1. The van der Waals surface area contributed by atoms with Gasteiger partial charge in [0.15, 0.2) is 0 Å². The second-order valence-electron chi connectivity index (χ2n) is 6.27. The lowest BCUT2D eigenvalue weighted by Crippen LogP contribution is -2.42. The molecule has 1 aromatic carbocycles. The Hall–Kier alpha value is -2.15. The standard InChI is InChI=1S/C18H26FN3O3/c1-25-12-10-20-17(23)9-4-14-3-2-11-22(13-14)18(24)21-16-7-5-15(19)6-8-16/h5-8,14H,2-4,9-13H2,1H3,(H,20,23)(H,21,24). The van der Waals surface area contributed by atoms with E-state index in [2.05, 4.69) is 10.6 Å². The predicted molar refractivity (Wildman–Crippen MR) is 93.8 cm³/mol. The first kappa shape index (κ1) is 19.2. The summed E-state index contributed by atoms with van der Waals surface area (Å²) in [6.07, 6.45) is 3.17. The van der Waals surface area contributed by atoms with Crippen LogP contribution in [0.2, 0.25) is 0 Å². The number of nitrogens with zero attached hydrogens (tertiary/aromatic N) is 1. The number of piperidine rings is 1. The van der Waals surface area contributed by atoms with E-state index in [1.807, 2.05) is 0 Å². The van der Waals surface area contributed by atoms with Gasteiger partial charge in [0, 0.05) is 38.9 Å². The molecular formula is C18H26FN3O3. The molecule has 25 heavy (non-hydrogen) atoms. The van der Waals surface area contributed by atoms with Crippen LogP contribution in [0.3, 0.4) is 0 Å². The van der Waals surface area contributed by atoms with Crippen LogP contribution >= 0.6 is 0 Å². The second-order valence-corrected chi connectivity index (χ2v) is 6.27. The zero-order chi connectivity index (χ0) is 18.1. The fourth-order valence-electron chi connectivity index (χ4n) is 2.94. The summed E-state index contributed by atoms with van der Waals surface area (Å²) in [6, 6.07) is 5.53. The molecule has 7 heteroatoms. The summed E-state index contributed by atoms with van der Waals surface area (Å²) in [5.41, 5.74) is 0.575. The number of amides is 3. The third kappa shape index (κ3) is 6.70. The molecule has 1 unspecified atom stereocenters. The summed E-state index contributed by atoms with van der Waals surface area (Å²) in [4.78, 5) is 25.9. The van der Waals surface area contributed by atoms with Crippen LogP contribution in [-0.4, -0.2) is 50.2 Å². The van der Waals surface area contributed by atoms with E-state index in [0.717, 1.165) is 19.3 Å². The topological polar surface area (TPSA) is 70.7 Å². The van der Waals surface area contributed by atoms with Crippen LogP contribution in [0.5, 0.6) is 0 Å². The third-order valence-corrected chi connectivity index (χ3v) is 4.31. The number of urea groups is 1. The Balaban J connectivity index is 1.74. The molecule has 0 spiro atoms. The van der Waals surface area contributed by atoms with Gasteiger partial charge in [0.05, 0.1) is 6.61 Å². The summed E-state index contributed by atoms with van der Waals surface area (Å²) >= 11 is 0. The van der Waals surface area contributed by atoms with Gasteiger partial charge < -0.3 is 20.3 Å². The lowest BCUT2D eigenvalue weighted by atomic mass is 9.93. The molecule has 2 N–H and O–H groups in total.